The molecule has 2 rings (SSSR count). The molecular weight excluding hydrogens is 309 g/mol. The topological polar surface area (TPSA) is 66.4 Å². The summed E-state index contributed by atoms with van der Waals surface area (Å²) in [6, 6.07) is 14.3. The molecule has 126 valence electrons. The Hall–Kier alpha value is -2.69. The molecule has 0 saturated carbocycles. The molecule has 1 unspecified atom stereocenters. The number of amides is 1. The van der Waals surface area contributed by atoms with Crippen LogP contribution in [0.3, 0.4) is 0 Å². The van der Waals surface area contributed by atoms with E-state index in [0.717, 1.165) is 5.56 Å². The first-order valence-corrected chi connectivity index (χ1v) is 7.78. The Morgan fingerprint density at radius 3 is 2.29 bits per heavy atom. The van der Waals surface area contributed by atoms with Crippen LogP contribution in [0.25, 0.3) is 0 Å². The first-order valence-electron chi connectivity index (χ1n) is 7.78. The molecule has 0 spiro atoms. The van der Waals surface area contributed by atoms with E-state index >= 15 is 0 Å². The van der Waals surface area contributed by atoms with E-state index in [1.165, 1.54) is 6.07 Å². The lowest BCUT2D eigenvalue weighted by Crippen LogP contribution is -2.44. The summed E-state index contributed by atoms with van der Waals surface area (Å²) in [4.78, 5) is 23.7. The molecule has 2 atom stereocenters. The summed E-state index contributed by atoms with van der Waals surface area (Å²) in [6.07, 6.45) is 0.421. The van der Waals surface area contributed by atoms with Gasteiger partial charge in [-0.25, -0.2) is 9.18 Å². The number of halogens is 1. The second kappa shape index (κ2) is 8.24. The molecule has 0 aromatic heterocycles. The van der Waals surface area contributed by atoms with Crippen LogP contribution < -0.4 is 5.32 Å². The third-order valence-electron chi connectivity index (χ3n) is 3.83. The van der Waals surface area contributed by atoms with E-state index in [1.54, 1.807) is 25.1 Å². The Labute approximate surface area is 140 Å². The van der Waals surface area contributed by atoms with Crippen LogP contribution in [-0.2, 0) is 22.4 Å². The summed E-state index contributed by atoms with van der Waals surface area (Å²) < 4.78 is 13.7. The fourth-order valence-electron chi connectivity index (χ4n) is 2.45. The lowest BCUT2D eigenvalue weighted by atomic mass is 9.99. The lowest BCUT2D eigenvalue weighted by molar-refractivity contribution is -0.142. The fraction of sp³-hybridized carbons (Fsp3) is 0.263. The molecule has 0 radical (unpaired) electrons. The lowest BCUT2D eigenvalue weighted by Gasteiger charge is -2.18. The van der Waals surface area contributed by atoms with Crippen molar-refractivity contribution in [2.75, 3.05) is 0 Å². The van der Waals surface area contributed by atoms with Crippen LogP contribution in [0, 0.1) is 11.7 Å². The van der Waals surface area contributed by atoms with E-state index in [1.807, 2.05) is 30.3 Å². The summed E-state index contributed by atoms with van der Waals surface area (Å²) >= 11 is 0. The van der Waals surface area contributed by atoms with Gasteiger partial charge in [-0.05, 0) is 23.6 Å². The monoisotopic (exact) mass is 329 g/mol. The van der Waals surface area contributed by atoms with E-state index < -0.39 is 23.8 Å². The zero-order valence-corrected chi connectivity index (χ0v) is 13.4. The van der Waals surface area contributed by atoms with Crippen molar-refractivity contribution in [2.45, 2.75) is 25.8 Å². The first kappa shape index (κ1) is 17.7. The van der Waals surface area contributed by atoms with Crippen molar-refractivity contribution in [3.8, 4) is 0 Å². The van der Waals surface area contributed by atoms with Gasteiger partial charge in [0.25, 0.3) is 0 Å². The minimum absolute atomic E-state index is 0.203. The van der Waals surface area contributed by atoms with Gasteiger partial charge in [-0.15, -0.1) is 0 Å². The van der Waals surface area contributed by atoms with Crippen molar-refractivity contribution >= 4 is 11.9 Å². The molecule has 0 fully saturated rings. The van der Waals surface area contributed by atoms with Crippen molar-refractivity contribution in [3.05, 3.63) is 71.5 Å². The average Bonchev–Trinajstić information content (AvgIpc) is 2.57. The highest BCUT2D eigenvalue weighted by molar-refractivity contribution is 5.85. The van der Waals surface area contributed by atoms with E-state index in [2.05, 4.69) is 5.32 Å². The maximum Gasteiger partial charge on any atom is 0.326 e. The summed E-state index contributed by atoms with van der Waals surface area (Å²) in [5.74, 6) is -2.39. The number of carboxylic acids is 1. The highest BCUT2D eigenvalue weighted by Gasteiger charge is 2.23. The van der Waals surface area contributed by atoms with Gasteiger partial charge in [0, 0.05) is 12.3 Å². The molecule has 0 aliphatic heterocycles. The number of carboxylic acid groups (broad SMARTS) is 1. The number of hydrogen-bond acceptors (Lipinski definition) is 2. The maximum absolute atomic E-state index is 13.7. The van der Waals surface area contributed by atoms with E-state index in [-0.39, 0.29) is 18.7 Å². The van der Waals surface area contributed by atoms with Gasteiger partial charge in [0.1, 0.15) is 11.9 Å². The van der Waals surface area contributed by atoms with Gasteiger partial charge >= 0.3 is 5.97 Å². The predicted molar refractivity (Wildman–Crippen MR) is 89.0 cm³/mol. The normalized spacial score (nSPS) is 13.1. The number of aliphatic carboxylic acids is 1. The Morgan fingerprint density at radius 1 is 1.04 bits per heavy atom. The average molecular weight is 329 g/mol. The van der Waals surface area contributed by atoms with Crippen molar-refractivity contribution in [3.63, 3.8) is 0 Å². The van der Waals surface area contributed by atoms with Crippen molar-refractivity contribution in [1.82, 2.24) is 5.32 Å². The maximum atomic E-state index is 13.7. The third kappa shape index (κ3) is 4.91. The van der Waals surface area contributed by atoms with Crippen molar-refractivity contribution in [2.24, 2.45) is 5.92 Å². The summed E-state index contributed by atoms with van der Waals surface area (Å²) in [7, 11) is 0. The van der Waals surface area contributed by atoms with Crippen LogP contribution in [-0.4, -0.2) is 23.0 Å². The fourth-order valence-corrected chi connectivity index (χ4v) is 2.45. The Bertz CT molecular complexity index is 703. The number of carbonyl (C=O) groups excluding carboxylic acids is 1. The van der Waals surface area contributed by atoms with E-state index in [4.69, 9.17) is 0 Å². The molecule has 2 aromatic carbocycles. The second-order valence-electron chi connectivity index (χ2n) is 5.79. The molecule has 0 heterocycles. The highest BCUT2D eigenvalue weighted by Crippen LogP contribution is 2.13. The van der Waals surface area contributed by atoms with Crippen LogP contribution in [0.5, 0.6) is 0 Å². The molecule has 0 aliphatic carbocycles. The number of carbonyl (C=O) groups is 2. The van der Waals surface area contributed by atoms with Crippen molar-refractivity contribution in [1.29, 1.82) is 0 Å². The number of hydrogen-bond donors (Lipinski definition) is 2. The molecular formula is C19H20FNO3. The van der Waals surface area contributed by atoms with Gasteiger partial charge in [0.15, 0.2) is 0 Å². The number of nitrogens with one attached hydrogen (secondary N) is 1. The Kier molecular flexibility index (Phi) is 6.07. The van der Waals surface area contributed by atoms with Crippen LogP contribution in [0.2, 0.25) is 0 Å². The first-order chi connectivity index (χ1) is 11.5. The Balaban J connectivity index is 1.99. The van der Waals surface area contributed by atoms with Crippen LogP contribution in [0.1, 0.15) is 18.1 Å². The quantitative estimate of drug-likeness (QED) is 0.821. The third-order valence-corrected chi connectivity index (χ3v) is 3.83. The van der Waals surface area contributed by atoms with Crippen LogP contribution >= 0.6 is 0 Å². The molecule has 24 heavy (non-hydrogen) atoms. The van der Waals surface area contributed by atoms with Gasteiger partial charge in [0.05, 0.1) is 0 Å². The smallest absolute Gasteiger partial charge is 0.326 e. The molecule has 1 amide bonds. The molecule has 2 N–H and O–H groups in total. The molecule has 0 aliphatic rings. The molecule has 0 saturated heterocycles. The molecule has 4 nitrogen and oxygen atoms in total. The van der Waals surface area contributed by atoms with E-state index in [0.29, 0.717) is 5.56 Å². The van der Waals surface area contributed by atoms with Gasteiger partial charge < -0.3 is 10.4 Å². The standard InChI is InChI=1S/C19H20FNO3/c1-13(11-15-9-5-6-10-16(15)20)18(22)21-17(19(23)24)12-14-7-3-2-4-8-14/h2-10,13,17H,11-12H2,1H3,(H,21,22)(H,23,24)/t13?,17-/m0/s1. The van der Waals surface area contributed by atoms with Gasteiger partial charge in [-0.3, -0.25) is 4.79 Å². The zero-order valence-electron chi connectivity index (χ0n) is 13.4. The summed E-state index contributed by atoms with van der Waals surface area (Å²) in [5.41, 5.74) is 1.27. The largest absolute Gasteiger partial charge is 0.480 e. The zero-order chi connectivity index (χ0) is 17.5. The van der Waals surface area contributed by atoms with Gasteiger partial charge in [-0.1, -0.05) is 55.5 Å². The van der Waals surface area contributed by atoms with E-state index in [9.17, 15) is 19.1 Å². The Morgan fingerprint density at radius 2 is 1.67 bits per heavy atom. The summed E-state index contributed by atoms with van der Waals surface area (Å²) in [5, 5.41) is 11.9. The number of rotatable bonds is 7. The minimum Gasteiger partial charge on any atom is -0.480 e. The SMILES string of the molecule is CC(Cc1ccccc1F)C(=O)N[C@@H](Cc1ccccc1)C(=O)O. The van der Waals surface area contributed by atoms with Crippen LogP contribution in [0.4, 0.5) is 4.39 Å². The minimum atomic E-state index is -1.09. The van der Waals surface area contributed by atoms with Gasteiger partial charge in [0.2, 0.25) is 5.91 Å². The van der Waals surface area contributed by atoms with Crippen molar-refractivity contribution < 1.29 is 19.1 Å². The second-order valence-corrected chi connectivity index (χ2v) is 5.79. The predicted octanol–water partition coefficient (Wildman–Crippen LogP) is 2.82. The molecule has 5 heteroatoms. The number of benzene rings is 2. The van der Waals surface area contributed by atoms with Crippen LogP contribution in [0.15, 0.2) is 54.6 Å². The molecule has 2 aromatic rings. The summed E-state index contributed by atoms with van der Waals surface area (Å²) in [6.45, 7) is 1.66. The van der Waals surface area contributed by atoms with Gasteiger partial charge in [-0.2, -0.15) is 0 Å². The molecule has 0 bridgehead atoms. The highest BCUT2D eigenvalue weighted by atomic mass is 19.1.